The van der Waals surface area contributed by atoms with Crippen LogP contribution in [0.4, 0.5) is 0 Å². The fraction of sp³-hybridized carbons (Fsp3) is 0.154. The fourth-order valence-corrected chi connectivity index (χ4v) is 3.82. The Labute approximate surface area is 200 Å². The molecule has 0 unspecified atom stereocenters. The third-order valence-electron chi connectivity index (χ3n) is 5.17. The summed E-state index contributed by atoms with van der Waals surface area (Å²) >= 11 is 12.6. The lowest BCUT2D eigenvalue weighted by Gasteiger charge is -2.13. The molecule has 0 saturated carbocycles. The molecule has 0 aliphatic heterocycles. The van der Waals surface area contributed by atoms with Gasteiger partial charge in [0.25, 0.3) is 5.91 Å². The van der Waals surface area contributed by atoms with Crippen molar-refractivity contribution in [1.29, 1.82) is 0 Å². The van der Waals surface area contributed by atoms with Crippen LogP contribution in [0, 0.1) is 6.92 Å². The van der Waals surface area contributed by atoms with Gasteiger partial charge in [0.1, 0.15) is 5.58 Å². The molecule has 4 aromatic rings. The standard InChI is InChI=1S/C26H21Cl2NO4/c1-16-13-22-19(14-21(16)28)24(31)26(25(33-22)18-9-5-6-10-20(18)27)32-15-23(30)29-12-11-17-7-3-2-4-8-17/h2-10,13-14H,11-12,15H2,1H3,(H,29,30). The summed E-state index contributed by atoms with van der Waals surface area (Å²) in [6.45, 7) is 1.92. The maximum atomic E-state index is 13.3. The van der Waals surface area contributed by atoms with E-state index in [0.717, 1.165) is 11.1 Å². The van der Waals surface area contributed by atoms with E-state index in [4.69, 9.17) is 32.4 Å². The van der Waals surface area contributed by atoms with Gasteiger partial charge in [0, 0.05) is 17.1 Å². The predicted octanol–water partition coefficient (Wildman–Crippen LogP) is 5.81. The van der Waals surface area contributed by atoms with Crippen LogP contribution in [0.25, 0.3) is 22.3 Å². The number of benzene rings is 3. The molecule has 0 bridgehead atoms. The van der Waals surface area contributed by atoms with Gasteiger partial charge in [-0.3, -0.25) is 9.59 Å². The second kappa shape index (κ2) is 10.1. The van der Waals surface area contributed by atoms with E-state index < -0.39 is 5.43 Å². The number of ether oxygens (including phenoxy) is 1. The van der Waals surface area contributed by atoms with Crippen LogP contribution in [0.15, 0.2) is 75.9 Å². The Morgan fingerprint density at radius 1 is 1.00 bits per heavy atom. The molecule has 5 nitrogen and oxygen atoms in total. The molecule has 0 atom stereocenters. The van der Waals surface area contributed by atoms with Crippen LogP contribution in [0.2, 0.25) is 10.0 Å². The molecule has 0 radical (unpaired) electrons. The Kier molecular flexibility index (Phi) is 7.02. The van der Waals surface area contributed by atoms with Crippen LogP contribution in [-0.4, -0.2) is 19.1 Å². The van der Waals surface area contributed by atoms with E-state index >= 15 is 0 Å². The highest BCUT2D eigenvalue weighted by Crippen LogP contribution is 2.36. The molecule has 33 heavy (non-hydrogen) atoms. The van der Waals surface area contributed by atoms with Gasteiger partial charge in [-0.05, 0) is 48.7 Å². The van der Waals surface area contributed by atoms with Crippen molar-refractivity contribution in [2.75, 3.05) is 13.2 Å². The largest absolute Gasteiger partial charge is 0.476 e. The van der Waals surface area contributed by atoms with Crippen molar-refractivity contribution in [3.63, 3.8) is 0 Å². The highest BCUT2D eigenvalue weighted by Gasteiger charge is 2.21. The summed E-state index contributed by atoms with van der Waals surface area (Å²) in [5.74, 6) is -0.275. The third-order valence-corrected chi connectivity index (χ3v) is 5.91. The Hall–Kier alpha value is -3.28. The van der Waals surface area contributed by atoms with Gasteiger partial charge in [-0.2, -0.15) is 0 Å². The highest BCUT2D eigenvalue weighted by molar-refractivity contribution is 6.33. The van der Waals surface area contributed by atoms with Crippen molar-refractivity contribution < 1.29 is 13.9 Å². The number of hydrogen-bond donors (Lipinski definition) is 1. The maximum Gasteiger partial charge on any atom is 0.257 e. The third kappa shape index (κ3) is 5.21. The summed E-state index contributed by atoms with van der Waals surface area (Å²) in [6, 6.07) is 20.0. The molecule has 7 heteroatoms. The minimum absolute atomic E-state index is 0.0891. The number of carbonyl (C=O) groups is 1. The highest BCUT2D eigenvalue weighted by atomic mass is 35.5. The zero-order chi connectivity index (χ0) is 23.4. The zero-order valence-electron chi connectivity index (χ0n) is 17.9. The van der Waals surface area contributed by atoms with Crippen molar-refractivity contribution in [2.45, 2.75) is 13.3 Å². The molecule has 0 spiro atoms. The number of aryl methyl sites for hydroxylation is 1. The molecule has 1 amide bonds. The molecule has 1 aromatic heterocycles. The lowest BCUT2D eigenvalue weighted by molar-refractivity contribution is -0.123. The first-order valence-electron chi connectivity index (χ1n) is 10.4. The summed E-state index contributed by atoms with van der Waals surface area (Å²) in [6.07, 6.45) is 0.688. The number of carbonyl (C=O) groups excluding carboxylic acids is 1. The molecular weight excluding hydrogens is 461 g/mol. The molecule has 0 fully saturated rings. The number of rotatable bonds is 7. The van der Waals surface area contributed by atoms with E-state index in [1.807, 2.05) is 37.3 Å². The van der Waals surface area contributed by atoms with Crippen LogP contribution < -0.4 is 15.5 Å². The Balaban J connectivity index is 1.61. The number of fused-ring (bicyclic) bond motifs is 1. The summed E-state index contributed by atoms with van der Waals surface area (Å²) in [5, 5.41) is 3.89. The maximum absolute atomic E-state index is 13.3. The van der Waals surface area contributed by atoms with Crippen molar-refractivity contribution in [1.82, 2.24) is 5.32 Å². The summed E-state index contributed by atoms with van der Waals surface area (Å²) in [7, 11) is 0. The van der Waals surface area contributed by atoms with Gasteiger partial charge >= 0.3 is 0 Å². The van der Waals surface area contributed by atoms with E-state index in [1.165, 1.54) is 0 Å². The first-order valence-corrected chi connectivity index (χ1v) is 11.1. The first-order chi connectivity index (χ1) is 15.9. The minimum Gasteiger partial charge on any atom is -0.476 e. The molecule has 0 saturated heterocycles. The molecule has 168 valence electrons. The van der Waals surface area contributed by atoms with E-state index in [0.29, 0.717) is 34.2 Å². The van der Waals surface area contributed by atoms with Gasteiger partial charge in [-0.1, -0.05) is 65.7 Å². The van der Waals surface area contributed by atoms with E-state index in [2.05, 4.69) is 5.32 Å². The zero-order valence-corrected chi connectivity index (χ0v) is 19.4. The topological polar surface area (TPSA) is 68.5 Å². The van der Waals surface area contributed by atoms with Crippen molar-refractivity contribution in [3.05, 3.63) is 98.1 Å². The van der Waals surface area contributed by atoms with Crippen LogP contribution in [-0.2, 0) is 11.2 Å². The van der Waals surface area contributed by atoms with Gasteiger partial charge in [0.2, 0.25) is 11.2 Å². The normalized spacial score (nSPS) is 10.9. The van der Waals surface area contributed by atoms with Gasteiger partial charge in [0.05, 0.1) is 10.4 Å². The average molecular weight is 482 g/mol. The second-order valence-corrected chi connectivity index (χ2v) is 8.36. The molecule has 0 aliphatic rings. The number of amides is 1. The molecule has 0 aliphatic carbocycles. The lowest BCUT2D eigenvalue weighted by atomic mass is 10.1. The van der Waals surface area contributed by atoms with Gasteiger partial charge in [-0.25, -0.2) is 0 Å². The van der Waals surface area contributed by atoms with Crippen molar-refractivity contribution in [3.8, 4) is 17.1 Å². The molecule has 3 aromatic carbocycles. The van der Waals surface area contributed by atoms with Crippen LogP contribution in [0.5, 0.6) is 5.75 Å². The number of hydrogen-bond acceptors (Lipinski definition) is 4. The number of nitrogens with one attached hydrogen (secondary N) is 1. The summed E-state index contributed by atoms with van der Waals surface area (Å²) < 4.78 is 11.7. The van der Waals surface area contributed by atoms with E-state index in [-0.39, 0.29) is 29.4 Å². The van der Waals surface area contributed by atoms with Crippen LogP contribution >= 0.6 is 23.2 Å². The smallest absolute Gasteiger partial charge is 0.257 e. The second-order valence-electron chi connectivity index (χ2n) is 7.54. The van der Waals surface area contributed by atoms with Crippen LogP contribution in [0.3, 0.4) is 0 Å². The SMILES string of the molecule is Cc1cc2oc(-c3ccccc3Cl)c(OCC(=O)NCCc3ccccc3)c(=O)c2cc1Cl. The Morgan fingerprint density at radius 3 is 2.48 bits per heavy atom. The molecule has 1 heterocycles. The Bertz CT molecular complexity index is 1370. The number of halogens is 2. The fourth-order valence-electron chi connectivity index (χ4n) is 3.43. The molecule has 4 rings (SSSR count). The Morgan fingerprint density at radius 2 is 1.73 bits per heavy atom. The van der Waals surface area contributed by atoms with Crippen molar-refractivity contribution >= 4 is 40.1 Å². The first kappa shape index (κ1) is 22.9. The summed E-state index contributed by atoms with van der Waals surface area (Å²) in [5.41, 5.74) is 2.30. The minimum atomic E-state index is -0.426. The van der Waals surface area contributed by atoms with E-state index in [9.17, 15) is 9.59 Å². The molecule has 1 N–H and O–H groups in total. The summed E-state index contributed by atoms with van der Waals surface area (Å²) in [4.78, 5) is 25.7. The quantitative estimate of drug-likeness (QED) is 0.361. The van der Waals surface area contributed by atoms with Gasteiger partial charge in [0.15, 0.2) is 12.4 Å². The van der Waals surface area contributed by atoms with E-state index in [1.54, 1.807) is 36.4 Å². The van der Waals surface area contributed by atoms with Crippen molar-refractivity contribution in [2.24, 2.45) is 0 Å². The van der Waals surface area contributed by atoms with Gasteiger partial charge < -0.3 is 14.5 Å². The van der Waals surface area contributed by atoms with Gasteiger partial charge in [-0.15, -0.1) is 0 Å². The monoisotopic (exact) mass is 481 g/mol. The lowest BCUT2D eigenvalue weighted by Crippen LogP contribution is -2.31. The molecular formula is C26H21Cl2NO4. The average Bonchev–Trinajstić information content (AvgIpc) is 2.81. The van der Waals surface area contributed by atoms with Crippen LogP contribution in [0.1, 0.15) is 11.1 Å². The predicted molar refractivity (Wildman–Crippen MR) is 131 cm³/mol.